The highest BCUT2D eigenvalue weighted by Gasteiger charge is 1.97. The van der Waals surface area contributed by atoms with E-state index in [0.717, 1.165) is 18.1 Å². The molecule has 0 spiro atoms. The molecule has 0 aliphatic carbocycles. The van der Waals surface area contributed by atoms with Crippen LogP contribution < -0.4 is 0 Å². The fraction of sp³-hybridized carbons (Fsp3) is 0.143. The van der Waals surface area contributed by atoms with Crippen LogP contribution in [0.4, 0.5) is 0 Å². The third kappa shape index (κ3) is 6.67. The van der Waals surface area contributed by atoms with E-state index in [1.165, 1.54) is 0 Å². The first-order chi connectivity index (χ1) is 9.99. The number of aryl methyl sites for hydroxylation is 1. The molecule has 7 nitrogen and oxygen atoms in total. The highest BCUT2D eigenvalue weighted by molar-refractivity contribution is 5.89. The molecule has 2 aromatic heterocycles. The predicted octanol–water partition coefficient (Wildman–Crippen LogP) is 1.35. The number of hydrogen-bond donors (Lipinski definition) is 2. The summed E-state index contributed by atoms with van der Waals surface area (Å²) in [6.07, 6.45) is 6.69. The van der Waals surface area contributed by atoms with Gasteiger partial charge < -0.3 is 14.8 Å². The topological polar surface area (TPSA) is 105 Å². The first-order valence-electron chi connectivity index (χ1n) is 6.00. The fourth-order valence-electron chi connectivity index (χ4n) is 1.38. The van der Waals surface area contributed by atoms with E-state index < -0.39 is 11.9 Å². The van der Waals surface area contributed by atoms with E-state index in [-0.39, 0.29) is 0 Å². The first kappa shape index (κ1) is 16.1. The Hall–Kier alpha value is -2.96. The van der Waals surface area contributed by atoms with Gasteiger partial charge in [-0.2, -0.15) is 0 Å². The van der Waals surface area contributed by atoms with Crippen molar-refractivity contribution in [3.05, 3.63) is 60.5 Å². The van der Waals surface area contributed by atoms with Gasteiger partial charge in [-0.3, -0.25) is 4.98 Å². The van der Waals surface area contributed by atoms with Crippen LogP contribution in [-0.2, 0) is 16.1 Å². The van der Waals surface area contributed by atoms with E-state index >= 15 is 0 Å². The Bertz CT molecular complexity index is 604. The lowest BCUT2D eigenvalue weighted by Gasteiger charge is -2.02. The van der Waals surface area contributed by atoms with Gasteiger partial charge in [0.05, 0.1) is 12.2 Å². The van der Waals surface area contributed by atoms with Gasteiger partial charge in [0, 0.05) is 30.7 Å². The van der Waals surface area contributed by atoms with Crippen LogP contribution in [0.2, 0.25) is 0 Å². The van der Waals surface area contributed by atoms with Crippen LogP contribution in [0.1, 0.15) is 11.5 Å². The van der Waals surface area contributed by atoms with Crippen LogP contribution in [0.25, 0.3) is 0 Å². The molecule has 0 radical (unpaired) electrons. The van der Waals surface area contributed by atoms with Crippen LogP contribution in [-0.4, -0.2) is 36.7 Å². The van der Waals surface area contributed by atoms with Crippen molar-refractivity contribution in [2.45, 2.75) is 13.5 Å². The van der Waals surface area contributed by atoms with Gasteiger partial charge in [-0.05, 0) is 19.1 Å². The Kier molecular flexibility index (Phi) is 6.33. The maximum atomic E-state index is 9.55. The van der Waals surface area contributed by atoms with Gasteiger partial charge in [0.2, 0.25) is 0 Å². The molecule has 0 aromatic carbocycles. The molecule has 0 aliphatic rings. The molecular formula is C14H15N3O4. The highest BCUT2D eigenvalue weighted by Crippen LogP contribution is 2.01. The lowest BCUT2D eigenvalue weighted by atomic mass is 10.3. The number of nitrogens with zero attached hydrogens (tertiary/aromatic N) is 3. The van der Waals surface area contributed by atoms with Gasteiger partial charge in [0.1, 0.15) is 5.82 Å². The van der Waals surface area contributed by atoms with Crippen LogP contribution in [0.3, 0.4) is 0 Å². The maximum absolute atomic E-state index is 9.55. The highest BCUT2D eigenvalue weighted by atomic mass is 16.4. The zero-order valence-corrected chi connectivity index (χ0v) is 11.4. The van der Waals surface area contributed by atoms with Gasteiger partial charge in [0.25, 0.3) is 0 Å². The van der Waals surface area contributed by atoms with Gasteiger partial charge in [-0.15, -0.1) is 0 Å². The average molecular weight is 289 g/mol. The van der Waals surface area contributed by atoms with Crippen LogP contribution in [0.15, 0.2) is 48.9 Å². The van der Waals surface area contributed by atoms with Crippen LogP contribution >= 0.6 is 0 Å². The third-order valence-corrected chi connectivity index (χ3v) is 2.35. The summed E-state index contributed by atoms with van der Waals surface area (Å²) in [4.78, 5) is 27.5. The normalized spacial score (nSPS) is 9.95. The number of pyridine rings is 1. The van der Waals surface area contributed by atoms with Crippen molar-refractivity contribution >= 4 is 11.9 Å². The Labute approximate surface area is 121 Å². The summed E-state index contributed by atoms with van der Waals surface area (Å²) in [6.45, 7) is 2.79. The summed E-state index contributed by atoms with van der Waals surface area (Å²) >= 11 is 0. The molecule has 0 saturated carbocycles. The maximum Gasteiger partial charge on any atom is 0.328 e. The van der Waals surface area contributed by atoms with Crippen molar-refractivity contribution in [3.8, 4) is 0 Å². The lowest BCUT2D eigenvalue weighted by molar-refractivity contribution is -0.134. The quantitative estimate of drug-likeness (QED) is 0.823. The number of imidazole rings is 1. The molecule has 2 rings (SSSR count). The van der Waals surface area contributed by atoms with Crippen LogP contribution in [0.5, 0.6) is 0 Å². The molecule has 110 valence electrons. The van der Waals surface area contributed by atoms with Crippen molar-refractivity contribution in [2.24, 2.45) is 0 Å². The molecule has 7 heteroatoms. The van der Waals surface area contributed by atoms with Crippen molar-refractivity contribution in [1.29, 1.82) is 0 Å². The summed E-state index contributed by atoms with van der Waals surface area (Å²) in [6, 6.07) is 5.93. The standard InChI is InChI=1S/C10H11N3.C4H4O4/c1-9-11-6-7-13(9)8-10-4-2-3-5-12-10;5-3(6)1-2-4(7)8/h2-7H,8H2,1H3;1-2H,(H,5,6)(H,7,8). The van der Waals surface area contributed by atoms with Gasteiger partial charge >= 0.3 is 11.9 Å². The van der Waals surface area contributed by atoms with E-state index in [0.29, 0.717) is 12.2 Å². The lowest BCUT2D eigenvalue weighted by Crippen LogP contribution is -2.01. The molecule has 0 atom stereocenters. The molecule has 2 N–H and O–H groups in total. The van der Waals surface area contributed by atoms with E-state index in [4.69, 9.17) is 10.2 Å². The minimum absolute atomic E-state index is 0.558. The zero-order chi connectivity index (χ0) is 15.7. The molecule has 0 amide bonds. The minimum Gasteiger partial charge on any atom is -0.478 e. The Morgan fingerprint density at radius 2 is 1.81 bits per heavy atom. The summed E-state index contributed by atoms with van der Waals surface area (Å²) < 4.78 is 2.07. The number of rotatable bonds is 4. The average Bonchev–Trinajstić information content (AvgIpc) is 2.84. The molecule has 0 unspecified atom stereocenters. The van der Waals surface area contributed by atoms with E-state index in [9.17, 15) is 9.59 Å². The van der Waals surface area contributed by atoms with Crippen molar-refractivity contribution in [1.82, 2.24) is 14.5 Å². The van der Waals surface area contributed by atoms with Gasteiger partial charge in [-0.1, -0.05) is 6.07 Å². The van der Waals surface area contributed by atoms with E-state index in [2.05, 4.69) is 14.5 Å². The second-order valence-corrected chi connectivity index (χ2v) is 3.93. The smallest absolute Gasteiger partial charge is 0.328 e. The van der Waals surface area contributed by atoms with Crippen LogP contribution in [0, 0.1) is 6.92 Å². The second kappa shape index (κ2) is 8.26. The predicted molar refractivity (Wildman–Crippen MR) is 74.7 cm³/mol. The van der Waals surface area contributed by atoms with Crippen molar-refractivity contribution in [2.75, 3.05) is 0 Å². The molecule has 0 aliphatic heterocycles. The largest absolute Gasteiger partial charge is 0.478 e. The van der Waals surface area contributed by atoms with E-state index in [1.54, 1.807) is 6.20 Å². The molecule has 0 bridgehead atoms. The number of carbonyl (C=O) groups is 2. The monoisotopic (exact) mass is 289 g/mol. The Balaban J connectivity index is 0.000000240. The molecule has 0 fully saturated rings. The SMILES string of the molecule is Cc1nccn1Cc1ccccn1.O=C(O)C=CC(=O)O. The molecule has 21 heavy (non-hydrogen) atoms. The second-order valence-electron chi connectivity index (χ2n) is 3.93. The number of aromatic nitrogens is 3. The number of carboxylic acids is 2. The van der Waals surface area contributed by atoms with Gasteiger partial charge in [0.15, 0.2) is 0 Å². The minimum atomic E-state index is -1.26. The van der Waals surface area contributed by atoms with Crippen molar-refractivity contribution < 1.29 is 19.8 Å². The summed E-state index contributed by atoms with van der Waals surface area (Å²) in [5.41, 5.74) is 1.06. The van der Waals surface area contributed by atoms with Gasteiger partial charge in [-0.25, -0.2) is 14.6 Å². The summed E-state index contributed by atoms with van der Waals surface area (Å²) in [7, 11) is 0. The molecule has 0 saturated heterocycles. The van der Waals surface area contributed by atoms with Crippen molar-refractivity contribution in [3.63, 3.8) is 0 Å². The Morgan fingerprint density at radius 1 is 1.14 bits per heavy atom. The fourth-order valence-corrected chi connectivity index (χ4v) is 1.38. The molecule has 2 heterocycles. The Morgan fingerprint density at radius 3 is 2.24 bits per heavy atom. The molecular weight excluding hydrogens is 274 g/mol. The summed E-state index contributed by atoms with van der Waals surface area (Å²) in [5, 5.41) is 15.6. The van der Waals surface area contributed by atoms with E-state index in [1.807, 2.05) is 37.5 Å². The summed E-state index contributed by atoms with van der Waals surface area (Å²) in [5.74, 6) is -1.49. The number of aliphatic carboxylic acids is 2. The first-order valence-corrected chi connectivity index (χ1v) is 6.00. The number of carboxylic acid groups (broad SMARTS) is 2. The third-order valence-electron chi connectivity index (χ3n) is 2.35. The number of hydrogen-bond acceptors (Lipinski definition) is 4. The zero-order valence-electron chi connectivity index (χ0n) is 11.4. The molecule has 2 aromatic rings.